The highest BCUT2D eigenvalue weighted by Crippen LogP contribution is 2.28. The molecule has 0 radical (unpaired) electrons. The predicted molar refractivity (Wildman–Crippen MR) is 149 cm³/mol. The molecule has 7 heteroatoms. The molecule has 2 aromatic heterocycles. The molecule has 2 N–H and O–H groups in total. The van der Waals surface area contributed by atoms with Gasteiger partial charge >= 0.3 is 5.63 Å². The minimum absolute atomic E-state index is 0.123. The molecule has 0 aliphatic carbocycles. The lowest BCUT2D eigenvalue weighted by Crippen LogP contribution is -2.24. The number of fused-ring (bicyclic) bond motifs is 1. The van der Waals surface area contributed by atoms with Gasteiger partial charge in [0.15, 0.2) is 0 Å². The van der Waals surface area contributed by atoms with Crippen LogP contribution in [0.25, 0.3) is 10.2 Å². The van der Waals surface area contributed by atoms with Gasteiger partial charge in [-0.1, -0.05) is 104 Å². The normalized spacial score (nSPS) is 11.3. The Hall–Kier alpha value is -1.89. The monoisotopic (exact) mass is 505 g/mol. The molecular formula is C28H47N3O3S. The number of anilines is 1. The van der Waals surface area contributed by atoms with E-state index >= 15 is 0 Å². The molecule has 198 valence electrons. The van der Waals surface area contributed by atoms with E-state index in [9.17, 15) is 9.59 Å². The van der Waals surface area contributed by atoms with Crippen LogP contribution in [0.15, 0.2) is 9.21 Å². The van der Waals surface area contributed by atoms with Crippen LogP contribution in [-0.2, 0) is 0 Å². The second kappa shape index (κ2) is 17.5. The Morgan fingerprint density at radius 1 is 0.800 bits per heavy atom. The minimum atomic E-state index is -0.428. The molecule has 0 aliphatic heterocycles. The average Bonchev–Trinajstić information content (AvgIpc) is 3.18. The molecule has 2 aromatic rings. The molecule has 2 rings (SSSR count). The highest BCUT2D eigenvalue weighted by Gasteiger charge is 2.20. The summed E-state index contributed by atoms with van der Waals surface area (Å²) in [6.45, 7) is 7.66. The first-order valence-corrected chi connectivity index (χ1v) is 14.9. The fraction of sp³-hybridized carbons (Fsp3) is 0.750. The second-order valence-electron chi connectivity index (χ2n) is 9.68. The van der Waals surface area contributed by atoms with E-state index in [2.05, 4.69) is 29.5 Å². The maximum absolute atomic E-state index is 12.7. The summed E-state index contributed by atoms with van der Waals surface area (Å²) in [4.78, 5) is 30.9. The summed E-state index contributed by atoms with van der Waals surface area (Å²) in [5.74, 6) is -0.123. The molecule has 0 saturated heterocycles. The van der Waals surface area contributed by atoms with Crippen molar-refractivity contribution in [3.05, 3.63) is 20.9 Å². The lowest BCUT2D eigenvalue weighted by atomic mass is 10.1. The molecule has 0 unspecified atom stereocenters. The maximum Gasteiger partial charge on any atom is 0.349 e. The molecule has 0 aliphatic rings. The van der Waals surface area contributed by atoms with Gasteiger partial charge in [-0.2, -0.15) is 4.98 Å². The van der Waals surface area contributed by atoms with Crippen LogP contribution in [0.2, 0.25) is 0 Å². The van der Waals surface area contributed by atoms with Gasteiger partial charge in [-0.25, -0.2) is 4.79 Å². The zero-order valence-corrected chi connectivity index (χ0v) is 23.1. The van der Waals surface area contributed by atoms with Crippen LogP contribution < -0.4 is 16.3 Å². The van der Waals surface area contributed by atoms with E-state index in [1.807, 2.05) is 0 Å². The number of amides is 1. The standard InChI is InChI=1S/C28H47N3O3S/c1-4-6-8-10-12-13-14-15-17-18-20-29-25(32)24-22(3)23-26(35-24)31-28(34-27(23)33)30-21-19-16-11-9-7-5-2/h4-21H2,1-3H3,(H,29,32)(H,30,31). The zero-order valence-electron chi connectivity index (χ0n) is 22.3. The quantitative estimate of drug-likeness (QED) is 0.178. The van der Waals surface area contributed by atoms with Crippen LogP contribution in [0.3, 0.4) is 0 Å². The van der Waals surface area contributed by atoms with Crippen molar-refractivity contribution in [1.82, 2.24) is 10.3 Å². The van der Waals surface area contributed by atoms with Gasteiger partial charge in [-0.05, 0) is 25.3 Å². The third-order valence-electron chi connectivity index (χ3n) is 6.55. The van der Waals surface area contributed by atoms with E-state index in [4.69, 9.17) is 4.42 Å². The SMILES string of the molecule is CCCCCCCCCCCCNC(=O)c1sc2nc(NCCCCCCCC)oc(=O)c2c1C. The summed E-state index contributed by atoms with van der Waals surface area (Å²) in [6, 6.07) is 0.245. The molecule has 0 bridgehead atoms. The molecule has 2 heterocycles. The van der Waals surface area contributed by atoms with Crippen LogP contribution >= 0.6 is 11.3 Å². The fourth-order valence-corrected chi connectivity index (χ4v) is 5.44. The fourth-order valence-electron chi connectivity index (χ4n) is 4.36. The van der Waals surface area contributed by atoms with Crippen LogP contribution in [0.4, 0.5) is 6.01 Å². The van der Waals surface area contributed by atoms with Gasteiger partial charge in [0.05, 0.1) is 4.88 Å². The largest absolute Gasteiger partial charge is 0.389 e. The maximum atomic E-state index is 12.7. The van der Waals surface area contributed by atoms with Gasteiger partial charge in [0.2, 0.25) is 0 Å². The number of carbonyl (C=O) groups is 1. The molecular weight excluding hydrogens is 458 g/mol. The molecule has 0 saturated carbocycles. The summed E-state index contributed by atoms with van der Waals surface area (Å²) in [5.41, 5.74) is 0.234. The zero-order chi connectivity index (χ0) is 25.3. The number of aromatic nitrogens is 1. The van der Waals surface area contributed by atoms with Crippen molar-refractivity contribution in [2.24, 2.45) is 0 Å². The number of nitrogens with one attached hydrogen (secondary N) is 2. The topological polar surface area (TPSA) is 84.2 Å². The van der Waals surface area contributed by atoms with Crippen molar-refractivity contribution < 1.29 is 9.21 Å². The number of aryl methyl sites for hydroxylation is 1. The van der Waals surface area contributed by atoms with Crippen molar-refractivity contribution in [2.75, 3.05) is 18.4 Å². The van der Waals surface area contributed by atoms with Gasteiger partial charge in [-0.15, -0.1) is 11.3 Å². The summed E-state index contributed by atoms with van der Waals surface area (Å²) < 4.78 is 5.38. The molecule has 0 spiro atoms. The van der Waals surface area contributed by atoms with E-state index in [1.165, 1.54) is 88.4 Å². The number of rotatable bonds is 20. The Bertz CT molecular complexity index is 922. The van der Waals surface area contributed by atoms with Gasteiger partial charge in [0.25, 0.3) is 11.9 Å². The lowest BCUT2D eigenvalue weighted by molar-refractivity contribution is 0.0956. The number of nitrogens with zero attached hydrogens (tertiary/aromatic N) is 1. The van der Waals surface area contributed by atoms with E-state index in [-0.39, 0.29) is 11.9 Å². The summed E-state index contributed by atoms with van der Waals surface area (Å²) in [5, 5.41) is 6.57. The third kappa shape index (κ3) is 10.7. The number of thiophene rings is 1. The van der Waals surface area contributed by atoms with Crippen LogP contribution in [0, 0.1) is 6.92 Å². The second-order valence-corrected chi connectivity index (χ2v) is 10.7. The smallest absolute Gasteiger partial charge is 0.349 e. The summed E-state index contributed by atoms with van der Waals surface area (Å²) >= 11 is 1.27. The van der Waals surface area contributed by atoms with E-state index in [1.54, 1.807) is 6.92 Å². The molecule has 0 aromatic carbocycles. The number of carbonyl (C=O) groups excluding carboxylic acids is 1. The van der Waals surface area contributed by atoms with Gasteiger partial charge in [-0.3, -0.25) is 4.79 Å². The van der Waals surface area contributed by atoms with Gasteiger partial charge in [0.1, 0.15) is 10.2 Å². The molecule has 0 atom stereocenters. The van der Waals surface area contributed by atoms with Gasteiger partial charge in [0, 0.05) is 13.1 Å². The molecule has 1 amide bonds. The van der Waals surface area contributed by atoms with Crippen molar-refractivity contribution in [1.29, 1.82) is 0 Å². The van der Waals surface area contributed by atoms with Crippen molar-refractivity contribution in [3.63, 3.8) is 0 Å². The molecule has 6 nitrogen and oxygen atoms in total. The number of hydrogen-bond donors (Lipinski definition) is 2. The van der Waals surface area contributed by atoms with E-state index < -0.39 is 5.63 Å². The predicted octanol–water partition coefficient (Wildman–Crippen LogP) is 7.98. The van der Waals surface area contributed by atoms with Crippen molar-refractivity contribution in [2.45, 2.75) is 124 Å². The highest BCUT2D eigenvalue weighted by atomic mass is 32.1. The Kier molecular flexibility index (Phi) is 14.7. The Balaban J connectivity index is 1.73. The Morgan fingerprint density at radius 2 is 1.31 bits per heavy atom. The molecule has 0 fully saturated rings. The average molecular weight is 506 g/mol. The van der Waals surface area contributed by atoms with E-state index in [0.717, 1.165) is 32.2 Å². The van der Waals surface area contributed by atoms with Crippen LogP contribution in [-0.4, -0.2) is 24.0 Å². The third-order valence-corrected chi connectivity index (χ3v) is 7.74. The first-order valence-electron chi connectivity index (χ1n) is 14.0. The van der Waals surface area contributed by atoms with Crippen molar-refractivity contribution >= 4 is 33.5 Å². The minimum Gasteiger partial charge on any atom is -0.389 e. The first kappa shape index (κ1) is 29.3. The Morgan fingerprint density at radius 3 is 1.89 bits per heavy atom. The number of unbranched alkanes of at least 4 members (excludes halogenated alkanes) is 14. The first-order chi connectivity index (χ1) is 17.1. The Labute approximate surface area is 215 Å². The lowest BCUT2D eigenvalue weighted by Gasteiger charge is -2.05. The summed E-state index contributed by atoms with van der Waals surface area (Å²) in [7, 11) is 0. The molecule has 35 heavy (non-hydrogen) atoms. The number of hydrogen-bond acceptors (Lipinski definition) is 6. The highest BCUT2D eigenvalue weighted by molar-refractivity contribution is 7.20. The van der Waals surface area contributed by atoms with Gasteiger partial charge < -0.3 is 15.1 Å². The van der Waals surface area contributed by atoms with Crippen molar-refractivity contribution in [3.8, 4) is 0 Å². The summed E-state index contributed by atoms with van der Waals surface area (Å²) in [6.07, 6.45) is 19.9. The van der Waals surface area contributed by atoms with Crippen LogP contribution in [0.5, 0.6) is 0 Å². The van der Waals surface area contributed by atoms with Crippen LogP contribution in [0.1, 0.15) is 132 Å². The van der Waals surface area contributed by atoms with E-state index in [0.29, 0.717) is 27.2 Å².